The van der Waals surface area contributed by atoms with Gasteiger partial charge in [0.25, 0.3) is 0 Å². The first-order valence-electron chi connectivity index (χ1n) is 11.7. The van der Waals surface area contributed by atoms with Crippen molar-refractivity contribution in [1.29, 1.82) is 0 Å². The van der Waals surface area contributed by atoms with Gasteiger partial charge in [0.2, 0.25) is 12.4 Å². The molecule has 1 amide bonds. The molecule has 5 rings (SSSR count). The lowest BCUT2D eigenvalue weighted by Gasteiger charge is -2.32. The molecule has 0 saturated carbocycles. The first kappa shape index (κ1) is 25.9. The number of piperazine rings is 1. The number of aromatic hydroxyl groups is 1. The van der Waals surface area contributed by atoms with Crippen LogP contribution in [0.3, 0.4) is 0 Å². The number of ketones is 1. The first-order chi connectivity index (χ1) is 18.5. The molecular formula is C25H28N10O3. The Labute approximate surface area is 218 Å². The van der Waals surface area contributed by atoms with Gasteiger partial charge in [0, 0.05) is 57.1 Å². The van der Waals surface area contributed by atoms with E-state index in [1.807, 2.05) is 34.9 Å². The number of H-pyrrole nitrogens is 1. The molecule has 13 nitrogen and oxygen atoms in total. The maximum atomic E-state index is 11.5. The molecule has 4 N–H and O–H groups in total. The number of amides is 1. The Bertz CT molecular complexity index is 1440. The van der Waals surface area contributed by atoms with Gasteiger partial charge in [0.15, 0.2) is 11.6 Å². The quantitative estimate of drug-likeness (QED) is 0.144. The van der Waals surface area contributed by atoms with Crippen LogP contribution >= 0.6 is 0 Å². The molecule has 38 heavy (non-hydrogen) atoms. The summed E-state index contributed by atoms with van der Waals surface area (Å²) in [6, 6.07) is 10.0. The van der Waals surface area contributed by atoms with Crippen molar-refractivity contribution in [3.05, 3.63) is 67.0 Å². The van der Waals surface area contributed by atoms with Crippen molar-refractivity contribution in [1.82, 2.24) is 29.6 Å². The molecule has 1 aliphatic rings. The summed E-state index contributed by atoms with van der Waals surface area (Å²) >= 11 is 0. The molecule has 13 heteroatoms. The summed E-state index contributed by atoms with van der Waals surface area (Å²) in [6.07, 6.45) is 8.13. The van der Waals surface area contributed by atoms with Crippen molar-refractivity contribution in [2.24, 2.45) is 10.8 Å². The molecule has 4 heterocycles. The molecule has 1 fully saturated rings. The van der Waals surface area contributed by atoms with E-state index in [-0.39, 0.29) is 11.5 Å². The fourth-order valence-corrected chi connectivity index (χ4v) is 4.08. The minimum Gasteiger partial charge on any atom is -0.506 e. The fraction of sp³-hybridized carbons (Fsp3) is 0.200. The number of hydrogen-bond acceptors (Lipinski definition) is 10. The lowest BCUT2D eigenvalue weighted by molar-refractivity contribution is -0.118. The van der Waals surface area contributed by atoms with Gasteiger partial charge < -0.3 is 25.6 Å². The Hall–Kier alpha value is -5.20. The van der Waals surface area contributed by atoms with E-state index in [0.29, 0.717) is 22.3 Å². The summed E-state index contributed by atoms with van der Waals surface area (Å²) in [6.45, 7) is 7.85. The normalized spacial score (nSPS) is 13.3. The zero-order chi connectivity index (χ0) is 27.1. The average molecular weight is 517 g/mol. The highest BCUT2D eigenvalue weighted by Crippen LogP contribution is 2.33. The van der Waals surface area contributed by atoms with E-state index >= 15 is 0 Å². The summed E-state index contributed by atoms with van der Waals surface area (Å²) in [4.78, 5) is 33.1. The second kappa shape index (κ2) is 11.7. The van der Waals surface area contributed by atoms with Gasteiger partial charge in [-0.15, -0.1) is 10.2 Å². The third kappa shape index (κ3) is 5.31. The highest BCUT2D eigenvalue weighted by atomic mass is 16.3. The number of rotatable bonds is 7. The van der Waals surface area contributed by atoms with Crippen LogP contribution in [0, 0.1) is 0 Å². The van der Waals surface area contributed by atoms with E-state index in [2.05, 4.69) is 36.9 Å². The van der Waals surface area contributed by atoms with Crippen LogP contribution in [0.25, 0.3) is 16.6 Å². The standard InChI is InChI=1S/C13H15N5O.C12H13N5O2/c19-11-16-6-8-17(9-7-16)13-15-14-10-18(13)12-4-2-1-3-5-12;1-7(18)8-5-15-11-10(8)9(19)6-16-12(11)17(14-2)4-3-13/h1-5,10-11H,6-9H2;3-6,15,19H,2,13H2,1H3/b;4-3-. The minimum atomic E-state index is -0.161. The Morgan fingerprint density at radius 2 is 1.97 bits per heavy atom. The Balaban J connectivity index is 0.000000177. The Kier molecular flexibility index (Phi) is 7.96. The van der Waals surface area contributed by atoms with E-state index in [0.717, 1.165) is 44.2 Å². The zero-order valence-corrected chi connectivity index (χ0v) is 20.8. The van der Waals surface area contributed by atoms with Gasteiger partial charge in [0.05, 0.1) is 22.8 Å². The number of benzene rings is 1. The lowest BCUT2D eigenvalue weighted by Crippen LogP contribution is -2.46. The number of aromatic amines is 1. The van der Waals surface area contributed by atoms with Crippen molar-refractivity contribution >= 4 is 41.6 Å². The Morgan fingerprint density at radius 1 is 1.24 bits per heavy atom. The molecule has 0 atom stereocenters. The maximum absolute atomic E-state index is 11.5. The molecule has 1 aromatic carbocycles. The molecule has 3 aromatic heterocycles. The molecule has 1 saturated heterocycles. The molecule has 0 spiro atoms. The van der Waals surface area contributed by atoms with Gasteiger partial charge >= 0.3 is 0 Å². The summed E-state index contributed by atoms with van der Waals surface area (Å²) in [5.74, 6) is 0.978. The predicted octanol–water partition coefficient (Wildman–Crippen LogP) is 1.87. The van der Waals surface area contributed by atoms with Crippen LogP contribution in [0.4, 0.5) is 11.8 Å². The SMILES string of the molecule is C=NN(/C=C\N)c1ncc(O)c2c(C(C)=O)c[nH]c12.O=CN1CCN(c2nncn2-c2ccccc2)CC1. The van der Waals surface area contributed by atoms with Crippen molar-refractivity contribution < 1.29 is 14.7 Å². The maximum Gasteiger partial charge on any atom is 0.231 e. The highest BCUT2D eigenvalue weighted by molar-refractivity contribution is 6.11. The van der Waals surface area contributed by atoms with Gasteiger partial charge in [-0.05, 0) is 19.1 Å². The van der Waals surface area contributed by atoms with Crippen LogP contribution in [0.2, 0.25) is 0 Å². The summed E-state index contributed by atoms with van der Waals surface area (Å²) in [5, 5.41) is 23.5. The average Bonchev–Trinajstić information content (AvgIpc) is 3.62. The Morgan fingerprint density at radius 3 is 2.61 bits per heavy atom. The van der Waals surface area contributed by atoms with Gasteiger partial charge in [0.1, 0.15) is 12.1 Å². The highest BCUT2D eigenvalue weighted by Gasteiger charge is 2.20. The van der Waals surface area contributed by atoms with Gasteiger partial charge in [-0.2, -0.15) is 5.10 Å². The number of pyridine rings is 1. The smallest absolute Gasteiger partial charge is 0.231 e. The summed E-state index contributed by atoms with van der Waals surface area (Å²) in [5.41, 5.74) is 7.23. The second-order valence-corrected chi connectivity index (χ2v) is 8.27. The molecule has 0 unspecified atom stereocenters. The number of Topliss-reactive ketones (excluding diaryl/α,β-unsaturated/α-hetero) is 1. The fourth-order valence-electron chi connectivity index (χ4n) is 4.08. The van der Waals surface area contributed by atoms with Crippen molar-refractivity contribution in [3.63, 3.8) is 0 Å². The number of carbonyl (C=O) groups excluding carboxylic acids is 2. The third-order valence-electron chi connectivity index (χ3n) is 5.96. The van der Waals surface area contributed by atoms with Gasteiger partial charge in [-0.3, -0.25) is 14.2 Å². The van der Waals surface area contributed by atoms with Crippen LogP contribution in [0.15, 0.2) is 66.6 Å². The van der Waals surface area contributed by atoms with Crippen molar-refractivity contribution in [2.45, 2.75) is 6.92 Å². The largest absolute Gasteiger partial charge is 0.506 e. The molecule has 1 aliphatic heterocycles. The van der Waals surface area contributed by atoms with Crippen LogP contribution in [0.5, 0.6) is 5.75 Å². The summed E-state index contributed by atoms with van der Waals surface area (Å²) in [7, 11) is 0. The number of carbonyl (C=O) groups is 2. The minimum absolute atomic E-state index is 0.0778. The third-order valence-corrected chi connectivity index (χ3v) is 5.96. The molecule has 0 bridgehead atoms. The number of anilines is 2. The van der Waals surface area contributed by atoms with Crippen LogP contribution in [-0.2, 0) is 4.79 Å². The van der Waals surface area contributed by atoms with Crippen LogP contribution in [0.1, 0.15) is 17.3 Å². The number of nitrogens with zero attached hydrogens (tertiary/aromatic N) is 8. The molecule has 0 aliphatic carbocycles. The number of hydrazone groups is 1. The second-order valence-electron chi connectivity index (χ2n) is 8.27. The molecular weight excluding hydrogens is 488 g/mol. The number of nitrogens with two attached hydrogens (primary N) is 1. The van der Waals surface area contributed by atoms with Crippen molar-refractivity contribution in [3.8, 4) is 11.4 Å². The molecule has 4 aromatic rings. The lowest BCUT2D eigenvalue weighted by atomic mass is 10.1. The van der Waals surface area contributed by atoms with E-state index < -0.39 is 0 Å². The van der Waals surface area contributed by atoms with E-state index in [9.17, 15) is 14.7 Å². The van der Waals surface area contributed by atoms with Gasteiger partial charge in [-0.1, -0.05) is 18.2 Å². The number of para-hydroxylation sites is 1. The number of nitrogens with one attached hydrogen (secondary N) is 1. The van der Waals surface area contributed by atoms with E-state index in [1.165, 1.54) is 36.7 Å². The van der Waals surface area contributed by atoms with Crippen LogP contribution in [-0.4, -0.2) is 79.8 Å². The molecule has 0 radical (unpaired) electrons. The van der Waals surface area contributed by atoms with Gasteiger partial charge in [-0.25, -0.2) is 9.99 Å². The summed E-state index contributed by atoms with van der Waals surface area (Å²) < 4.78 is 1.97. The van der Waals surface area contributed by atoms with E-state index in [1.54, 1.807) is 11.2 Å². The molecule has 196 valence electrons. The monoisotopic (exact) mass is 516 g/mol. The van der Waals surface area contributed by atoms with Crippen molar-refractivity contribution in [2.75, 3.05) is 36.1 Å². The number of aromatic nitrogens is 5. The first-order valence-corrected chi connectivity index (χ1v) is 11.7. The predicted molar refractivity (Wildman–Crippen MR) is 144 cm³/mol. The number of hydrogen-bond donors (Lipinski definition) is 3. The number of fused-ring (bicyclic) bond motifs is 1. The van der Waals surface area contributed by atoms with Crippen LogP contribution < -0.4 is 15.6 Å². The topological polar surface area (TPSA) is 162 Å². The zero-order valence-electron chi connectivity index (χ0n) is 20.8. The van der Waals surface area contributed by atoms with E-state index in [4.69, 9.17) is 5.73 Å².